The molecule has 1 amide bonds. The van der Waals surface area contributed by atoms with Gasteiger partial charge < -0.3 is 10.8 Å². The number of hydrogen-bond acceptors (Lipinski definition) is 2. The lowest BCUT2D eigenvalue weighted by Gasteiger charge is -2.03. The average molecular weight is 414 g/mol. The summed E-state index contributed by atoms with van der Waals surface area (Å²) in [6, 6.07) is 0. The first-order valence-electron chi connectivity index (χ1n) is 12.1. The molecule has 0 bridgehead atoms. The van der Waals surface area contributed by atoms with Crippen LogP contribution in [0.1, 0.15) is 137 Å². The number of amides is 1. The number of carbonyl (C=O) groups excluding carboxylic acids is 1. The van der Waals surface area contributed by atoms with E-state index in [-0.39, 0.29) is 5.91 Å². The maximum Gasteiger partial charge on any atom is 0.303 e. The largest absolute Gasteiger partial charge is 0.481 e. The Morgan fingerprint density at radius 3 is 1.66 bits per heavy atom. The van der Waals surface area contributed by atoms with E-state index in [0.717, 1.165) is 19.3 Å². The summed E-state index contributed by atoms with van der Waals surface area (Å²) in [6.07, 6.45) is 20.7. The van der Waals surface area contributed by atoms with Crippen LogP contribution >= 0.6 is 0 Å². The summed E-state index contributed by atoms with van der Waals surface area (Å²) in [7, 11) is 0. The Labute approximate surface area is 181 Å². The Bertz CT molecular complexity index is 378. The third-order valence-corrected chi connectivity index (χ3v) is 4.51. The van der Waals surface area contributed by atoms with Crippen LogP contribution in [0.25, 0.3) is 0 Å². The van der Waals surface area contributed by atoms with Gasteiger partial charge in [0.15, 0.2) is 0 Å². The Hall–Kier alpha value is -1.32. The lowest BCUT2D eigenvalue weighted by Crippen LogP contribution is -2.09. The monoisotopic (exact) mass is 413 g/mol. The fraction of sp³-hybridized carbons (Fsp3) is 0.840. The standard InChI is InChI=1S/C19H37NO.C4H8O2.C2H6/c1-3-4-5-6-7-9-12-15-18(2)16-13-10-8-11-14-17-19(20)21;1-2-3-4(5)6;1-2/h15H,3-14,16-17H2,1-2H3,(H2,20,21);2-3H2,1H3,(H,5,6);1-2H3/b18-15-;;. The molecule has 0 aliphatic carbocycles. The SMILES string of the molecule is CC.CCCC(=O)O.CCCCCCCC/C=C(/C)CCCCCCCC(N)=O. The summed E-state index contributed by atoms with van der Waals surface area (Å²) in [5, 5.41) is 7.91. The number of aliphatic carboxylic acids is 1. The molecule has 0 aromatic carbocycles. The molecule has 3 N–H and O–H groups in total. The number of carbonyl (C=O) groups is 2. The highest BCUT2D eigenvalue weighted by Crippen LogP contribution is 2.13. The summed E-state index contributed by atoms with van der Waals surface area (Å²) in [5.74, 6) is -0.874. The second-order valence-corrected chi connectivity index (χ2v) is 7.48. The maximum atomic E-state index is 10.6. The van der Waals surface area contributed by atoms with E-state index in [2.05, 4.69) is 19.9 Å². The van der Waals surface area contributed by atoms with Crippen LogP contribution < -0.4 is 5.73 Å². The Kier molecular flexibility index (Phi) is 32.2. The van der Waals surface area contributed by atoms with Gasteiger partial charge in [-0.2, -0.15) is 0 Å². The van der Waals surface area contributed by atoms with Crippen molar-refractivity contribution in [1.29, 1.82) is 0 Å². The van der Waals surface area contributed by atoms with E-state index in [4.69, 9.17) is 10.8 Å². The minimum Gasteiger partial charge on any atom is -0.481 e. The Morgan fingerprint density at radius 1 is 0.724 bits per heavy atom. The zero-order chi connectivity index (χ0) is 22.8. The minimum atomic E-state index is -0.711. The quantitative estimate of drug-likeness (QED) is 0.188. The normalized spacial score (nSPS) is 10.4. The molecule has 0 rings (SSSR count). The first kappa shape index (κ1) is 32.3. The number of unbranched alkanes of at least 4 members (excludes halogenated alkanes) is 10. The maximum absolute atomic E-state index is 10.6. The van der Waals surface area contributed by atoms with E-state index in [0.29, 0.717) is 12.8 Å². The molecular formula is C25H51NO3. The van der Waals surface area contributed by atoms with Crippen molar-refractivity contribution in [3.8, 4) is 0 Å². The lowest BCUT2D eigenvalue weighted by atomic mass is 10.0. The number of nitrogens with two attached hydrogens (primary N) is 1. The molecule has 4 nitrogen and oxygen atoms in total. The van der Waals surface area contributed by atoms with E-state index >= 15 is 0 Å². The molecule has 0 unspecified atom stereocenters. The number of carboxylic acids is 1. The highest BCUT2D eigenvalue weighted by atomic mass is 16.4. The van der Waals surface area contributed by atoms with Gasteiger partial charge in [-0.15, -0.1) is 0 Å². The Balaban J connectivity index is -0.000000716. The van der Waals surface area contributed by atoms with Gasteiger partial charge in [0.05, 0.1) is 0 Å². The molecule has 0 saturated heterocycles. The molecule has 29 heavy (non-hydrogen) atoms. The topological polar surface area (TPSA) is 80.4 Å². The summed E-state index contributed by atoms with van der Waals surface area (Å²) in [6.45, 7) is 10.4. The Morgan fingerprint density at radius 2 is 1.21 bits per heavy atom. The highest BCUT2D eigenvalue weighted by Gasteiger charge is 1.96. The summed E-state index contributed by atoms with van der Waals surface area (Å²) in [4.78, 5) is 20.2. The fourth-order valence-electron chi connectivity index (χ4n) is 2.82. The van der Waals surface area contributed by atoms with Gasteiger partial charge in [-0.25, -0.2) is 0 Å². The molecule has 0 atom stereocenters. The van der Waals surface area contributed by atoms with Crippen LogP contribution in [0.4, 0.5) is 0 Å². The summed E-state index contributed by atoms with van der Waals surface area (Å²) < 4.78 is 0. The van der Waals surface area contributed by atoms with Crippen molar-refractivity contribution < 1.29 is 14.7 Å². The van der Waals surface area contributed by atoms with Gasteiger partial charge in [-0.1, -0.05) is 90.7 Å². The zero-order valence-corrected chi connectivity index (χ0v) is 20.2. The van der Waals surface area contributed by atoms with Gasteiger partial charge in [-0.3, -0.25) is 9.59 Å². The van der Waals surface area contributed by atoms with E-state index in [1.54, 1.807) is 5.57 Å². The second kappa shape index (κ2) is 28.9. The van der Waals surface area contributed by atoms with Gasteiger partial charge in [0.1, 0.15) is 0 Å². The molecule has 0 heterocycles. The molecule has 0 spiro atoms. The highest BCUT2D eigenvalue weighted by molar-refractivity contribution is 5.73. The van der Waals surface area contributed by atoms with Crippen molar-refractivity contribution in [2.75, 3.05) is 0 Å². The van der Waals surface area contributed by atoms with Crippen molar-refractivity contribution in [3.05, 3.63) is 11.6 Å². The molecule has 0 fully saturated rings. The third kappa shape index (κ3) is 38.0. The van der Waals surface area contributed by atoms with Crippen LogP contribution in [0.15, 0.2) is 11.6 Å². The molecular weight excluding hydrogens is 362 g/mol. The van der Waals surface area contributed by atoms with Crippen LogP contribution in [0, 0.1) is 0 Å². The average Bonchev–Trinajstić information content (AvgIpc) is 2.68. The first-order chi connectivity index (χ1) is 13.9. The number of primary amides is 1. The van der Waals surface area contributed by atoms with E-state index in [1.165, 1.54) is 70.6 Å². The molecule has 0 aliphatic heterocycles. The van der Waals surface area contributed by atoms with Crippen LogP contribution in [-0.2, 0) is 9.59 Å². The van der Waals surface area contributed by atoms with Crippen molar-refractivity contribution >= 4 is 11.9 Å². The van der Waals surface area contributed by atoms with Crippen molar-refractivity contribution in [2.45, 2.75) is 137 Å². The van der Waals surface area contributed by atoms with E-state index in [9.17, 15) is 9.59 Å². The van der Waals surface area contributed by atoms with Crippen molar-refractivity contribution in [1.82, 2.24) is 0 Å². The van der Waals surface area contributed by atoms with Gasteiger partial charge >= 0.3 is 5.97 Å². The molecule has 4 heteroatoms. The van der Waals surface area contributed by atoms with Crippen LogP contribution in [-0.4, -0.2) is 17.0 Å². The van der Waals surface area contributed by atoms with Gasteiger partial charge in [0, 0.05) is 12.8 Å². The predicted octanol–water partition coefficient (Wildman–Crippen LogP) is 7.80. The summed E-state index contributed by atoms with van der Waals surface area (Å²) in [5.41, 5.74) is 6.67. The van der Waals surface area contributed by atoms with Crippen molar-refractivity contribution in [3.63, 3.8) is 0 Å². The number of rotatable bonds is 17. The second-order valence-electron chi connectivity index (χ2n) is 7.48. The lowest BCUT2D eigenvalue weighted by molar-refractivity contribution is -0.137. The van der Waals surface area contributed by atoms with Gasteiger partial charge in [0.2, 0.25) is 5.91 Å². The minimum absolute atomic E-state index is 0.163. The molecule has 174 valence electrons. The van der Waals surface area contributed by atoms with Crippen LogP contribution in [0.3, 0.4) is 0 Å². The molecule has 0 aromatic rings. The van der Waals surface area contributed by atoms with Gasteiger partial charge in [0.25, 0.3) is 0 Å². The fourth-order valence-corrected chi connectivity index (χ4v) is 2.82. The molecule has 0 aromatic heterocycles. The smallest absolute Gasteiger partial charge is 0.303 e. The molecule has 0 radical (unpaired) electrons. The zero-order valence-electron chi connectivity index (χ0n) is 20.2. The van der Waals surface area contributed by atoms with Crippen molar-refractivity contribution in [2.24, 2.45) is 5.73 Å². The third-order valence-electron chi connectivity index (χ3n) is 4.51. The summed E-state index contributed by atoms with van der Waals surface area (Å²) >= 11 is 0. The number of hydrogen-bond donors (Lipinski definition) is 2. The predicted molar refractivity (Wildman–Crippen MR) is 127 cm³/mol. The molecule has 0 saturated carbocycles. The number of carboxylic acid groups (broad SMARTS) is 1. The van der Waals surface area contributed by atoms with Gasteiger partial charge in [-0.05, 0) is 45.4 Å². The first-order valence-corrected chi connectivity index (χ1v) is 12.1. The van der Waals surface area contributed by atoms with E-state index in [1.807, 2.05) is 20.8 Å². The van der Waals surface area contributed by atoms with Crippen LogP contribution in [0.2, 0.25) is 0 Å². The molecule has 0 aliphatic rings. The van der Waals surface area contributed by atoms with E-state index < -0.39 is 5.97 Å². The number of allylic oxidation sites excluding steroid dienone is 2. The van der Waals surface area contributed by atoms with Crippen LogP contribution in [0.5, 0.6) is 0 Å².